The minimum atomic E-state index is -0.289. The molecule has 59 valence electrons. The lowest BCUT2D eigenvalue weighted by atomic mass is 10.3. The zero-order valence-electron chi connectivity index (χ0n) is 6.20. The fourth-order valence-electron chi connectivity index (χ4n) is 0.721. The van der Waals surface area contributed by atoms with Crippen LogP contribution in [0.15, 0.2) is 5.38 Å². The summed E-state index contributed by atoms with van der Waals surface area (Å²) >= 11 is 1.39. The molecule has 0 aliphatic carbocycles. The molecule has 1 rings (SSSR count). The molecule has 0 saturated heterocycles. The summed E-state index contributed by atoms with van der Waals surface area (Å²) in [6.45, 7) is 2.49. The molecule has 1 N–H and O–H groups in total. The van der Waals surface area contributed by atoms with Crippen molar-refractivity contribution in [3.05, 3.63) is 16.6 Å². The first-order chi connectivity index (χ1) is 5.38. The Balaban J connectivity index is 2.63. The molecule has 0 aliphatic heterocycles. The summed E-state index contributed by atoms with van der Waals surface area (Å²) in [4.78, 5) is 3.92. The zero-order chi connectivity index (χ0) is 8.10. The molecule has 0 amide bonds. The van der Waals surface area contributed by atoms with Gasteiger partial charge in [0.25, 0.3) is 0 Å². The van der Waals surface area contributed by atoms with E-state index < -0.39 is 0 Å². The van der Waals surface area contributed by atoms with Crippen molar-refractivity contribution in [1.82, 2.24) is 4.98 Å². The Morgan fingerprint density at radius 2 is 2.82 bits per heavy atom. The number of nitrogens with one attached hydrogen (secondary N) is 1. The summed E-state index contributed by atoms with van der Waals surface area (Å²) in [5, 5.41) is 8.88. The third kappa shape index (κ3) is 2.10. The topological polar surface area (TPSA) is 46.0 Å². The molecule has 0 saturated carbocycles. The van der Waals surface area contributed by atoms with Crippen molar-refractivity contribution in [2.75, 3.05) is 6.61 Å². The lowest BCUT2D eigenvalue weighted by molar-refractivity contribution is 0.111. The molecule has 0 bridgehead atoms. The van der Waals surface area contributed by atoms with E-state index in [0.29, 0.717) is 6.61 Å². The van der Waals surface area contributed by atoms with E-state index in [-0.39, 0.29) is 6.10 Å². The number of hydrogen-bond donors (Lipinski definition) is 1. The Labute approximate surface area is 69.6 Å². The third-order valence-corrected chi connectivity index (χ3v) is 1.75. The Kier molecular flexibility index (Phi) is 3.19. The molecule has 4 heteroatoms. The molecule has 0 aromatic carbocycles. The largest absolute Gasteiger partial charge is 0.366 e. The molecule has 1 heterocycles. The SMILES string of the molecule is CCOC(C=N)c1cs[c]n1. The predicted octanol–water partition coefficient (Wildman–Crippen LogP) is 1.67. The van der Waals surface area contributed by atoms with Crippen molar-refractivity contribution < 1.29 is 4.74 Å². The standard InChI is InChI=1S/C7H9N2OS/c1-2-10-7(3-8)6-4-11-5-9-6/h3-4,7-8H,2H2,1H3. The summed E-state index contributed by atoms with van der Waals surface area (Å²) in [6.07, 6.45) is 0.953. The van der Waals surface area contributed by atoms with Crippen molar-refractivity contribution in [3.63, 3.8) is 0 Å². The van der Waals surface area contributed by atoms with Gasteiger partial charge < -0.3 is 10.1 Å². The van der Waals surface area contributed by atoms with Crippen molar-refractivity contribution in [2.24, 2.45) is 0 Å². The van der Waals surface area contributed by atoms with E-state index in [0.717, 1.165) is 5.69 Å². The van der Waals surface area contributed by atoms with Crippen LogP contribution in [0, 0.1) is 10.9 Å². The molecule has 1 radical (unpaired) electrons. The average molecular weight is 169 g/mol. The highest BCUT2D eigenvalue weighted by molar-refractivity contribution is 7.07. The predicted molar refractivity (Wildman–Crippen MR) is 44.1 cm³/mol. The number of aromatic nitrogens is 1. The van der Waals surface area contributed by atoms with E-state index >= 15 is 0 Å². The first-order valence-corrected chi connectivity index (χ1v) is 4.20. The van der Waals surface area contributed by atoms with Gasteiger partial charge in [-0.3, -0.25) is 0 Å². The van der Waals surface area contributed by atoms with E-state index in [2.05, 4.69) is 10.5 Å². The summed E-state index contributed by atoms with van der Waals surface area (Å²) in [7, 11) is 0. The van der Waals surface area contributed by atoms with Crippen molar-refractivity contribution in [2.45, 2.75) is 13.0 Å². The molecule has 1 aromatic rings. The third-order valence-electron chi connectivity index (χ3n) is 1.20. The number of rotatable bonds is 4. The molecular weight excluding hydrogens is 160 g/mol. The zero-order valence-corrected chi connectivity index (χ0v) is 7.02. The fourth-order valence-corrected chi connectivity index (χ4v) is 1.24. The molecule has 3 nitrogen and oxygen atoms in total. The van der Waals surface area contributed by atoms with Gasteiger partial charge in [0.2, 0.25) is 0 Å². The van der Waals surface area contributed by atoms with Gasteiger partial charge in [0, 0.05) is 18.2 Å². The molecule has 1 atom stereocenters. The first-order valence-electron chi connectivity index (χ1n) is 3.32. The van der Waals surface area contributed by atoms with Crippen LogP contribution in [0.4, 0.5) is 0 Å². The molecular formula is C7H9N2OS. The van der Waals surface area contributed by atoms with Crippen LogP contribution in [0.5, 0.6) is 0 Å². The van der Waals surface area contributed by atoms with Crippen molar-refractivity contribution in [1.29, 1.82) is 5.41 Å². The van der Waals surface area contributed by atoms with E-state index in [1.54, 1.807) is 0 Å². The van der Waals surface area contributed by atoms with E-state index in [9.17, 15) is 0 Å². The van der Waals surface area contributed by atoms with Gasteiger partial charge in [-0.2, -0.15) is 0 Å². The normalized spacial score (nSPS) is 12.8. The number of thiazole rings is 1. The van der Waals surface area contributed by atoms with Crippen molar-refractivity contribution in [3.8, 4) is 0 Å². The lowest BCUT2D eigenvalue weighted by Gasteiger charge is -2.07. The molecule has 0 fully saturated rings. The van der Waals surface area contributed by atoms with Gasteiger partial charge in [0.1, 0.15) is 6.10 Å². The summed E-state index contributed by atoms with van der Waals surface area (Å²) in [6, 6.07) is 0. The van der Waals surface area contributed by atoms with Crippen LogP contribution in [0.3, 0.4) is 0 Å². The monoisotopic (exact) mass is 169 g/mol. The Morgan fingerprint density at radius 1 is 2.00 bits per heavy atom. The van der Waals surface area contributed by atoms with Gasteiger partial charge >= 0.3 is 0 Å². The molecule has 1 unspecified atom stereocenters. The van der Waals surface area contributed by atoms with Gasteiger partial charge in [-0.15, -0.1) is 11.3 Å². The summed E-state index contributed by atoms with van der Waals surface area (Å²) < 4.78 is 5.22. The second-order valence-electron chi connectivity index (χ2n) is 1.91. The second kappa shape index (κ2) is 4.20. The molecule has 0 spiro atoms. The minimum absolute atomic E-state index is 0.289. The Morgan fingerprint density at radius 3 is 3.27 bits per heavy atom. The summed E-state index contributed by atoms with van der Waals surface area (Å²) in [5.41, 5.74) is 3.48. The number of hydrogen-bond acceptors (Lipinski definition) is 4. The van der Waals surface area contributed by atoms with E-state index in [1.165, 1.54) is 17.6 Å². The minimum Gasteiger partial charge on any atom is -0.366 e. The maximum absolute atomic E-state index is 7.04. The van der Waals surface area contributed by atoms with Crippen LogP contribution in [0.25, 0.3) is 0 Å². The van der Waals surface area contributed by atoms with Crippen LogP contribution in [-0.4, -0.2) is 17.8 Å². The van der Waals surface area contributed by atoms with Crippen LogP contribution >= 0.6 is 11.3 Å². The van der Waals surface area contributed by atoms with Crippen LogP contribution < -0.4 is 0 Å². The highest BCUT2D eigenvalue weighted by Crippen LogP contribution is 2.13. The number of ether oxygens (including phenoxy) is 1. The quantitative estimate of drug-likeness (QED) is 0.697. The van der Waals surface area contributed by atoms with Gasteiger partial charge in [-0.25, -0.2) is 4.98 Å². The first kappa shape index (κ1) is 8.36. The highest BCUT2D eigenvalue weighted by Gasteiger charge is 2.08. The molecule has 1 aromatic heterocycles. The molecule has 0 aliphatic rings. The average Bonchev–Trinajstić information content (AvgIpc) is 2.52. The maximum Gasteiger partial charge on any atom is 0.152 e. The number of nitrogens with zero attached hydrogens (tertiary/aromatic N) is 1. The van der Waals surface area contributed by atoms with Gasteiger partial charge in [0.15, 0.2) is 5.51 Å². The highest BCUT2D eigenvalue weighted by atomic mass is 32.1. The summed E-state index contributed by atoms with van der Waals surface area (Å²) in [5.74, 6) is 0. The van der Waals surface area contributed by atoms with Crippen LogP contribution in [0.2, 0.25) is 0 Å². The Hall–Kier alpha value is -0.740. The van der Waals surface area contributed by atoms with E-state index in [1.807, 2.05) is 12.3 Å². The van der Waals surface area contributed by atoms with Crippen LogP contribution in [-0.2, 0) is 4.74 Å². The van der Waals surface area contributed by atoms with Gasteiger partial charge in [-0.1, -0.05) is 0 Å². The molecule has 11 heavy (non-hydrogen) atoms. The van der Waals surface area contributed by atoms with Gasteiger partial charge in [0.05, 0.1) is 5.69 Å². The van der Waals surface area contributed by atoms with Crippen LogP contribution in [0.1, 0.15) is 18.7 Å². The van der Waals surface area contributed by atoms with E-state index in [4.69, 9.17) is 10.1 Å². The Bertz CT molecular complexity index is 210. The lowest BCUT2D eigenvalue weighted by Crippen LogP contribution is -2.04. The second-order valence-corrected chi connectivity index (χ2v) is 2.56. The van der Waals surface area contributed by atoms with Gasteiger partial charge in [-0.05, 0) is 6.92 Å². The smallest absolute Gasteiger partial charge is 0.152 e. The van der Waals surface area contributed by atoms with Crippen molar-refractivity contribution >= 4 is 17.6 Å². The fraction of sp³-hybridized carbons (Fsp3) is 0.429. The maximum atomic E-state index is 7.04.